The Morgan fingerprint density at radius 3 is 2.15 bits per heavy atom. The lowest BCUT2D eigenvalue weighted by Gasteiger charge is -2.17. The summed E-state index contributed by atoms with van der Waals surface area (Å²) in [4.78, 5) is 33.3. The van der Waals surface area contributed by atoms with E-state index in [9.17, 15) is 14.4 Å². The zero-order chi connectivity index (χ0) is 15.6. The van der Waals surface area contributed by atoms with Gasteiger partial charge < -0.3 is 13.9 Å². The van der Waals surface area contributed by atoms with Crippen LogP contribution in [0.3, 0.4) is 0 Å². The van der Waals surface area contributed by atoms with Gasteiger partial charge in [-0.15, -0.1) is 0 Å². The molecule has 0 aliphatic heterocycles. The molecule has 0 saturated carbocycles. The fourth-order valence-electron chi connectivity index (χ4n) is 1.19. The Bertz CT molecular complexity index is 370. The lowest BCUT2D eigenvalue weighted by Crippen LogP contribution is -2.29. The summed E-state index contributed by atoms with van der Waals surface area (Å²) in [6, 6.07) is 0. The number of ether oxygens (including phenoxy) is 2. The van der Waals surface area contributed by atoms with Crippen LogP contribution in [0.2, 0.25) is 19.6 Å². The van der Waals surface area contributed by atoms with Crippen molar-refractivity contribution in [1.82, 2.24) is 0 Å². The Balaban J connectivity index is 3.67. The second-order valence-electron chi connectivity index (χ2n) is 5.07. The fraction of sp³-hybridized carbons (Fsp3) is 0.615. The van der Waals surface area contributed by atoms with E-state index < -0.39 is 20.3 Å². The Morgan fingerprint density at radius 2 is 1.60 bits per heavy atom. The molecular formula is C13H22O6Si. The van der Waals surface area contributed by atoms with Gasteiger partial charge in [0.1, 0.15) is 0 Å². The maximum absolute atomic E-state index is 11.4. The highest BCUT2D eigenvalue weighted by atomic mass is 28.4. The van der Waals surface area contributed by atoms with E-state index >= 15 is 0 Å². The van der Waals surface area contributed by atoms with Gasteiger partial charge in [-0.25, -0.2) is 9.59 Å². The average molecular weight is 302 g/mol. The highest BCUT2D eigenvalue weighted by molar-refractivity contribution is 6.71. The summed E-state index contributed by atoms with van der Waals surface area (Å²) >= 11 is 0. The van der Waals surface area contributed by atoms with E-state index in [4.69, 9.17) is 9.16 Å². The van der Waals surface area contributed by atoms with Crippen molar-refractivity contribution >= 4 is 26.2 Å². The summed E-state index contributed by atoms with van der Waals surface area (Å²) in [5.74, 6) is -1.43. The molecule has 0 bridgehead atoms. The average Bonchev–Trinajstić information content (AvgIpc) is 2.33. The number of hydrogen-bond donors (Lipinski definition) is 0. The zero-order valence-corrected chi connectivity index (χ0v) is 13.4. The van der Waals surface area contributed by atoms with Crippen molar-refractivity contribution < 1.29 is 28.3 Å². The van der Waals surface area contributed by atoms with Crippen LogP contribution in [0.4, 0.5) is 0 Å². The monoisotopic (exact) mass is 302 g/mol. The summed E-state index contributed by atoms with van der Waals surface area (Å²) in [5.41, 5.74) is 0. The maximum Gasteiger partial charge on any atom is 0.331 e. The molecule has 0 aromatic carbocycles. The zero-order valence-electron chi connectivity index (χ0n) is 12.4. The van der Waals surface area contributed by atoms with Crippen molar-refractivity contribution in [2.75, 3.05) is 13.7 Å². The van der Waals surface area contributed by atoms with Crippen LogP contribution in [0.5, 0.6) is 0 Å². The third-order valence-corrected chi connectivity index (χ3v) is 2.84. The molecule has 0 saturated heterocycles. The van der Waals surface area contributed by atoms with Crippen LogP contribution >= 0.6 is 0 Å². The SMILES string of the molecule is COC(=O)C=CC(=O)OCCCCC(=O)O[Si](C)(C)C. The van der Waals surface area contributed by atoms with Gasteiger partial charge in [0.15, 0.2) is 0 Å². The molecule has 0 amide bonds. The standard InChI is InChI=1S/C13H22O6Si/c1-17-11(14)8-9-12(15)18-10-6-5-7-13(16)19-20(2,3)4/h8-9H,5-7,10H2,1-4H3. The smallest absolute Gasteiger partial charge is 0.331 e. The van der Waals surface area contributed by atoms with Gasteiger partial charge in [0.2, 0.25) is 8.32 Å². The van der Waals surface area contributed by atoms with E-state index in [2.05, 4.69) is 4.74 Å². The molecule has 0 aliphatic rings. The van der Waals surface area contributed by atoms with Gasteiger partial charge in [-0.3, -0.25) is 4.79 Å². The van der Waals surface area contributed by atoms with Crippen LogP contribution in [0.1, 0.15) is 19.3 Å². The molecule has 0 rings (SSSR count). The number of carbonyl (C=O) groups is 3. The molecule has 0 aromatic rings. The van der Waals surface area contributed by atoms with Crippen molar-refractivity contribution in [2.24, 2.45) is 0 Å². The first-order chi connectivity index (χ1) is 9.24. The van der Waals surface area contributed by atoms with Crippen LogP contribution in [0, 0.1) is 0 Å². The predicted octanol–water partition coefficient (Wildman–Crippen LogP) is 1.81. The minimum atomic E-state index is -1.82. The highest BCUT2D eigenvalue weighted by Crippen LogP contribution is 2.06. The second kappa shape index (κ2) is 9.30. The van der Waals surface area contributed by atoms with E-state index in [1.54, 1.807) is 0 Å². The summed E-state index contributed by atoms with van der Waals surface area (Å²) in [6.07, 6.45) is 3.48. The van der Waals surface area contributed by atoms with Gasteiger partial charge in [-0.05, 0) is 32.5 Å². The molecule has 114 valence electrons. The molecule has 0 N–H and O–H groups in total. The Kier molecular flexibility index (Phi) is 8.54. The Hall–Kier alpha value is -1.63. The van der Waals surface area contributed by atoms with Crippen LogP contribution in [-0.4, -0.2) is 39.9 Å². The molecule has 7 heteroatoms. The molecule has 0 heterocycles. The van der Waals surface area contributed by atoms with Crippen molar-refractivity contribution in [3.05, 3.63) is 12.2 Å². The topological polar surface area (TPSA) is 78.9 Å². The van der Waals surface area contributed by atoms with Crippen LogP contribution in [-0.2, 0) is 28.3 Å². The van der Waals surface area contributed by atoms with Crippen LogP contribution in [0.25, 0.3) is 0 Å². The van der Waals surface area contributed by atoms with Crippen LogP contribution in [0.15, 0.2) is 12.2 Å². The number of carbonyl (C=O) groups excluding carboxylic acids is 3. The fourth-order valence-corrected chi connectivity index (χ4v) is 1.97. The molecule has 0 spiro atoms. The normalized spacial score (nSPS) is 11.2. The maximum atomic E-state index is 11.4. The highest BCUT2D eigenvalue weighted by Gasteiger charge is 2.19. The Labute approximate surface area is 120 Å². The van der Waals surface area contributed by atoms with Gasteiger partial charge in [0.05, 0.1) is 13.7 Å². The summed E-state index contributed by atoms with van der Waals surface area (Å²) < 4.78 is 14.4. The van der Waals surface area contributed by atoms with Gasteiger partial charge in [0.25, 0.3) is 5.97 Å². The molecule has 0 fully saturated rings. The van der Waals surface area contributed by atoms with Crippen molar-refractivity contribution in [3.8, 4) is 0 Å². The summed E-state index contributed by atoms with van der Waals surface area (Å²) in [5, 5.41) is 0. The van der Waals surface area contributed by atoms with Gasteiger partial charge in [-0.2, -0.15) is 0 Å². The third kappa shape index (κ3) is 11.5. The summed E-state index contributed by atoms with van der Waals surface area (Å²) in [7, 11) is -0.600. The number of esters is 2. The molecule has 0 radical (unpaired) electrons. The number of methoxy groups -OCH3 is 1. The summed E-state index contributed by atoms with van der Waals surface area (Å²) in [6.45, 7) is 6.03. The second-order valence-corrected chi connectivity index (χ2v) is 9.50. The molecule has 0 aliphatic carbocycles. The van der Waals surface area contributed by atoms with Crippen LogP contribution < -0.4 is 0 Å². The minimum Gasteiger partial charge on any atom is -0.520 e. The lowest BCUT2D eigenvalue weighted by molar-refractivity contribution is -0.139. The van der Waals surface area contributed by atoms with Crippen molar-refractivity contribution in [2.45, 2.75) is 38.9 Å². The van der Waals surface area contributed by atoms with Gasteiger partial charge >= 0.3 is 11.9 Å². The Morgan fingerprint density at radius 1 is 1.00 bits per heavy atom. The molecule has 20 heavy (non-hydrogen) atoms. The third-order valence-electron chi connectivity index (χ3n) is 2.00. The van der Waals surface area contributed by atoms with E-state index in [1.807, 2.05) is 19.6 Å². The van der Waals surface area contributed by atoms with E-state index in [-0.39, 0.29) is 12.6 Å². The number of rotatable bonds is 8. The molecule has 0 aromatic heterocycles. The molecular weight excluding hydrogens is 280 g/mol. The number of unbranched alkanes of at least 4 members (excludes halogenated alkanes) is 1. The molecule has 0 unspecified atom stereocenters. The van der Waals surface area contributed by atoms with Gasteiger partial charge in [0, 0.05) is 18.6 Å². The minimum absolute atomic E-state index is 0.199. The van der Waals surface area contributed by atoms with Crippen molar-refractivity contribution in [1.29, 1.82) is 0 Å². The quantitative estimate of drug-likeness (QED) is 0.294. The molecule has 6 nitrogen and oxygen atoms in total. The van der Waals surface area contributed by atoms with Gasteiger partial charge in [-0.1, -0.05) is 0 Å². The first kappa shape index (κ1) is 18.4. The number of hydrogen-bond acceptors (Lipinski definition) is 6. The lowest BCUT2D eigenvalue weighted by atomic mass is 10.2. The predicted molar refractivity (Wildman–Crippen MR) is 75.4 cm³/mol. The first-order valence-corrected chi connectivity index (χ1v) is 9.80. The van der Waals surface area contributed by atoms with E-state index in [0.29, 0.717) is 19.3 Å². The van der Waals surface area contributed by atoms with E-state index in [0.717, 1.165) is 12.2 Å². The van der Waals surface area contributed by atoms with Crippen molar-refractivity contribution in [3.63, 3.8) is 0 Å². The first-order valence-electron chi connectivity index (χ1n) is 6.39. The molecule has 0 atom stereocenters. The largest absolute Gasteiger partial charge is 0.520 e. The van der Waals surface area contributed by atoms with E-state index in [1.165, 1.54) is 7.11 Å².